The van der Waals surface area contributed by atoms with E-state index in [1.165, 1.54) is 6.08 Å². The Kier molecular flexibility index (Phi) is 4.72. The Morgan fingerprint density at radius 3 is 2.56 bits per heavy atom. The van der Waals surface area contributed by atoms with Crippen molar-refractivity contribution >= 4 is 11.5 Å². The third-order valence-corrected chi connectivity index (χ3v) is 2.64. The van der Waals surface area contributed by atoms with Crippen molar-refractivity contribution in [2.75, 3.05) is 7.11 Å². The zero-order chi connectivity index (χ0) is 13.7. The summed E-state index contributed by atoms with van der Waals surface area (Å²) < 4.78 is 5.37. The van der Waals surface area contributed by atoms with Crippen LogP contribution in [0, 0.1) is 13.8 Å². The average molecular weight is 246 g/mol. The van der Waals surface area contributed by atoms with Gasteiger partial charge in [0, 0.05) is 11.6 Å². The largest absolute Gasteiger partial charge is 0.496 e. The molecular formula is C15H18O3. The molecule has 0 bridgehead atoms. The Morgan fingerprint density at radius 2 is 2.00 bits per heavy atom. The number of allylic oxidation sites excluding steroid dienone is 3. The molecular weight excluding hydrogens is 228 g/mol. The van der Waals surface area contributed by atoms with E-state index in [1.807, 2.05) is 26.8 Å². The topological polar surface area (TPSA) is 46.5 Å². The number of carboxylic acids is 1. The van der Waals surface area contributed by atoms with Gasteiger partial charge in [0.25, 0.3) is 0 Å². The normalized spacial score (nSPS) is 11.9. The van der Waals surface area contributed by atoms with Crippen molar-refractivity contribution in [2.45, 2.75) is 20.8 Å². The maximum absolute atomic E-state index is 10.4. The zero-order valence-electron chi connectivity index (χ0n) is 11.2. The Labute approximate surface area is 107 Å². The summed E-state index contributed by atoms with van der Waals surface area (Å²) in [6, 6.07) is 4.05. The molecule has 0 spiro atoms. The van der Waals surface area contributed by atoms with Crippen LogP contribution in [0.25, 0.3) is 5.57 Å². The Morgan fingerprint density at radius 1 is 1.33 bits per heavy atom. The van der Waals surface area contributed by atoms with E-state index in [9.17, 15) is 4.79 Å². The lowest BCUT2D eigenvalue weighted by Gasteiger charge is -2.13. The molecule has 18 heavy (non-hydrogen) atoms. The van der Waals surface area contributed by atoms with E-state index in [1.54, 1.807) is 13.2 Å². The number of rotatable bonds is 4. The van der Waals surface area contributed by atoms with E-state index in [-0.39, 0.29) is 0 Å². The smallest absolute Gasteiger partial charge is 0.328 e. The van der Waals surface area contributed by atoms with Crippen molar-refractivity contribution in [3.63, 3.8) is 0 Å². The Hall–Kier alpha value is -2.03. The molecule has 0 aliphatic rings. The number of hydrogen-bond acceptors (Lipinski definition) is 2. The van der Waals surface area contributed by atoms with E-state index >= 15 is 0 Å². The summed E-state index contributed by atoms with van der Waals surface area (Å²) in [5, 5.41) is 8.55. The van der Waals surface area contributed by atoms with Gasteiger partial charge in [-0.15, -0.1) is 0 Å². The Bertz CT molecular complexity index is 511. The first kappa shape index (κ1) is 14.0. The van der Waals surface area contributed by atoms with Crippen molar-refractivity contribution in [3.05, 3.63) is 47.1 Å². The molecule has 3 heteroatoms. The second kappa shape index (κ2) is 6.05. The summed E-state index contributed by atoms with van der Waals surface area (Å²) in [4.78, 5) is 10.4. The fourth-order valence-electron chi connectivity index (χ4n) is 1.95. The molecule has 1 aromatic rings. The van der Waals surface area contributed by atoms with Crippen molar-refractivity contribution in [1.82, 2.24) is 0 Å². The molecule has 0 radical (unpaired) electrons. The van der Waals surface area contributed by atoms with Gasteiger partial charge in [0.1, 0.15) is 5.75 Å². The van der Waals surface area contributed by atoms with E-state index in [4.69, 9.17) is 9.84 Å². The minimum absolute atomic E-state index is 0.810. The first-order valence-corrected chi connectivity index (χ1v) is 5.69. The van der Waals surface area contributed by atoms with Gasteiger partial charge in [-0.3, -0.25) is 0 Å². The van der Waals surface area contributed by atoms with Crippen LogP contribution >= 0.6 is 0 Å². The maximum atomic E-state index is 10.4. The summed E-state index contributed by atoms with van der Waals surface area (Å²) in [6.45, 7) is 5.97. The van der Waals surface area contributed by atoms with Crippen LogP contribution in [-0.2, 0) is 4.79 Å². The van der Waals surface area contributed by atoms with Crippen LogP contribution in [-0.4, -0.2) is 18.2 Å². The van der Waals surface area contributed by atoms with Gasteiger partial charge in [-0.1, -0.05) is 18.2 Å². The molecule has 0 saturated heterocycles. The lowest BCUT2D eigenvalue weighted by molar-refractivity contribution is -0.131. The molecule has 0 amide bonds. The molecule has 0 aromatic heterocycles. The molecule has 0 unspecified atom stereocenters. The highest BCUT2D eigenvalue weighted by Gasteiger charge is 2.08. The summed E-state index contributed by atoms with van der Waals surface area (Å²) in [6.07, 6.45) is 4.41. The number of ether oxygens (including phenoxy) is 1. The molecule has 1 N–H and O–H groups in total. The molecule has 0 atom stereocenters. The minimum Gasteiger partial charge on any atom is -0.496 e. The fourth-order valence-corrected chi connectivity index (χ4v) is 1.95. The predicted molar refractivity (Wildman–Crippen MR) is 72.9 cm³/mol. The van der Waals surface area contributed by atoms with E-state index in [2.05, 4.69) is 6.07 Å². The molecule has 96 valence electrons. The third kappa shape index (κ3) is 3.48. The lowest BCUT2D eigenvalue weighted by atomic mass is 9.98. The van der Waals surface area contributed by atoms with Gasteiger partial charge in [0.15, 0.2) is 0 Å². The number of carbonyl (C=O) groups is 1. The monoisotopic (exact) mass is 246 g/mol. The van der Waals surface area contributed by atoms with Crippen molar-refractivity contribution in [2.24, 2.45) is 0 Å². The van der Waals surface area contributed by atoms with Crippen LogP contribution in [0.2, 0.25) is 0 Å². The number of hydrogen-bond donors (Lipinski definition) is 1. The number of aliphatic carboxylic acids is 1. The van der Waals surface area contributed by atoms with Crippen LogP contribution in [0.4, 0.5) is 0 Å². The van der Waals surface area contributed by atoms with Gasteiger partial charge in [0.05, 0.1) is 7.11 Å². The highest BCUT2D eigenvalue weighted by Crippen LogP contribution is 2.30. The van der Waals surface area contributed by atoms with E-state index < -0.39 is 5.97 Å². The van der Waals surface area contributed by atoms with Crippen LogP contribution in [0.5, 0.6) is 5.75 Å². The summed E-state index contributed by atoms with van der Waals surface area (Å²) in [5.41, 5.74) is 4.24. The predicted octanol–water partition coefficient (Wildman–Crippen LogP) is 3.36. The molecule has 1 rings (SSSR count). The van der Waals surface area contributed by atoms with Crippen LogP contribution in [0.15, 0.2) is 30.4 Å². The van der Waals surface area contributed by atoms with Gasteiger partial charge in [-0.05, 0) is 43.5 Å². The molecule has 3 nitrogen and oxygen atoms in total. The van der Waals surface area contributed by atoms with Crippen molar-refractivity contribution in [3.8, 4) is 5.75 Å². The number of aryl methyl sites for hydroxylation is 2. The summed E-state index contributed by atoms with van der Waals surface area (Å²) >= 11 is 0. The van der Waals surface area contributed by atoms with Gasteiger partial charge in [-0.25, -0.2) is 4.79 Å². The Balaban J connectivity index is 3.20. The number of carboxylic acid groups (broad SMARTS) is 1. The average Bonchev–Trinajstić information content (AvgIpc) is 2.26. The standard InChI is InChI=1S/C15H18O3/c1-10-8-12(3)15(13(9-10)18-4)11(2)6-5-7-14(16)17/h5-9H,1-4H3,(H,16,17)/b7-5+,11-6+. The summed E-state index contributed by atoms with van der Waals surface area (Å²) in [5.74, 6) is -0.142. The van der Waals surface area contributed by atoms with Crippen LogP contribution < -0.4 is 4.74 Å². The number of methoxy groups -OCH3 is 1. The van der Waals surface area contributed by atoms with Crippen LogP contribution in [0.1, 0.15) is 23.6 Å². The molecule has 0 saturated carbocycles. The third-order valence-electron chi connectivity index (χ3n) is 2.64. The highest BCUT2D eigenvalue weighted by atomic mass is 16.5. The van der Waals surface area contributed by atoms with Gasteiger partial charge in [-0.2, -0.15) is 0 Å². The van der Waals surface area contributed by atoms with Gasteiger partial charge in [0.2, 0.25) is 0 Å². The summed E-state index contributed by atoms with van der Waals surface area (Å²) in [7, 11) is 1.64. The molecule has 0 fully saturated rings. The van der Waals surface area contributed by atoms with Crippen molar-refractivity contribution < 1.29 is 14.6 Å². The quantitative estimate of drug-likeness (QED) is 0.654. The van der Waals surface area contributed by atoms with Gasteiger partial charge < -0.3 is 9.84 Å². The van der Waals surface area contributed by atoms with Gasteiger partial charge >= 0.3 is 5.97 Å². The minimum atomic E-state index is -0.952. The molecule has 0 aliphatic heterocycles. The van der Waals surface area contributed by atoms with Crippen LogP contribution in [0.3, 0.4) is 0 Å². The molecule has 0 aliphatic carbocycles. The first-order chi connectivity index (χ1) is 8.45. The second-order valence-electron chi connectivity index (χ2n) is 4.21. The number of benzene rings is 1. The van der Waals surface area contributed by atoms with E-state index in [0.29, 0.717) is 0 Å². The molecule has 0 heterocycles. The fraction of sp³-hybridized carbons (Fsp3) is 0.267. The second-order valence-corrected chi connectivity index (χ2v) is 4.21. The first-order valence-electron chi connectivity index (χ1n) is 5.69. The van der Waals surface area contributed by atoms with Crippen molar-refractivity contribution in [1.29, 1.82) is 0 Å². The highest BCUT2D eigenvalue weighted by molar-refractivity contribution is 5.81. The maximum Gasteiger partial charge on any atom is 0.328 e. The molecule has 1 aromatic carbocycles. The SMILES string of the molecule is COc1cc(C)cc(C)c1/C(C)=C/C=C/C(=O)O. The lowest BCUT2D eigenvalue weighted by Crippen LogP contribution is -1.94. The zero-order valence-corrected chi connectivity index (χ0v) is 11.2. The van der Waals surface area contributed by atoms with E-state index in [0.717, 1.165) is 34.1 Å².